The van der Waals surface area contributed by atoms with Crippen molar-refractivity contribution in [3.8, 4) is 0 Å². The van der Waals surface area contributed by atoms with Gasteiger partial charge < -0.3 is 9.80 Å². The quantitative estimate of drug-likeness (QED) is 0.695. The first-order chi connectivity index (χ1) is 14.1. The van der Waals surface area contributed by atoms with Crippen LogP contribution in [0.2, 0.25) is 0 Å². The number of amides is 1. The topological polar surface area (TPSA) is 52.2 Å². The zero-order chi connectivity index (χ0) is 20.2. The van der Waals surface area contributed by atoms with Gasteiger partial charge in [-0.3, -0.25) is 9.89 Å². The lowest BCUT2D eigenvalue weighted by Gasteiger charge is -2.34. The fourth-order valence-electron chi connectivity index (χ4n) is 4.45. The Balaban J connectivity index is 1.34. The average molecular weight is 391 g/mol. The lowest BCUT2D eigenvalue weighted by molar-refractivity contribution is 0.0726. The molecular weight excluding hydrogens is 360 g/mol. The minimum atomic E-state index is -0.000478. The molecule has 5 heteroatoms. The van der Waals surface area contributed by atoms with E-state index >= 15 is 0 Å². The molecule has 4 rings (SSSR count). The third kappa shape index (κ3) is 4.51. The summed E-state index contributed by atoms with van der Waals surface area (Å²) in [6.45, 7) is 6.27. The van der Waals surface area contributed by atoms with Crippen LogP contribution in [0.5, 0.6) is 0 Å². The van der Waals surface area contributed by atoms with Crippen LogP contribution < -0.4 is 0 Å². The van der Waals surface area contributed by atoms with Gasteiger partial charge in [0.1, 0.15) is 0 Å². The summed E-state index contributed by atoms with van der Waals surface area (Å²) in [6, 6.07) is 16.4. The van der Waals surface area contributed by atoms with Crippen LogP contribution in [0, 0.1) is 12.8 Å². The Bertz CT molecular complexity index is 980. The molecular formula is C24H30N4O. The van der Waals surface area contributed by atoms with E-state index in [2.05, 4.69) is 46.3 Å². The summed E-state index contributed by atoms with van der Waals surface area (Å²) < 4.78 is 0. The smallest absolute Gasteiger partial charge is 0.274 e. The highest BCUT2D eigenvalue weighted by molar-refractivity contribution is 6.04. The van der Waals surface area contributed by atoms with Gasteiger partial charge in [0, 0.05) is 32.1 Å². The number of rotatable bonds is 6. The van der Waals surface area contributed by atoms with Gasteiger partial charge in [0.15, 0.2) is 5.69 Å². The summed E-state index contributed by atoms with van der Waals surface area (Å²) in [5.41, 5.74) is 4.24. The minimum Gasteiger partial charge on any atom is -0.340 e. The van der Waals surface area contributed by atoms with Crippen molar-refractivity contribution in [1.29, 1.82) is 0 Å². The van der Waals surface area contributed by atoms with Crippen LogP contribution in [0.3, 0.4) is 0 Å². The number of carbonyl (C=O) groups is 1. The Morgan fingerprint density at radius 1 is 1.21 bits per heavy atom. The molecule has 5 nitrogen and oxygen atoms in total. The lowest BCUT2D eigenvalue weighted by atomic mass is 9.96. The van der Waals surface area contributed by atoms with Crippen molar-refractivity contribution >= 4 is 16.8 Å². The fourth-order valence-corrected chi connectivity index (χ4v) is 4.45. The van der Waals surface area contributed by atoms with Crippen LogP contribution in [0.4, 0.5) is 0 Å². The third-order valence-corrected chi connectivity index (χ3v) is 6.11. The number of para-hydroxylation sites is 1. The molecule has 0 saturated carbocycles. The van der Waals surface area contributed by atoms with Gasteiger partial charge in [0.05, 0.1) is 5.52 Å². The number of piperidine rings is 1. The number of benzene rings is 2. The summed E-state index contributed by atoms with van der Waals surface area (Å²) in [6.07, 6.45) is 3.47. The SMILES string of the molecule is Cc1ccccc1CCN1CCCC(CN(C)C(=O)c2n[nH]c3ccccc23)C1. The van der Waals surface area contributed by atoms with Crippen LogP contribution in [0.15, 0.2) is 48.5 Å². The average Bonchev–Trinajstić information content (AvgIpc) is 3.17. The predicted molar refractivity (Wildman–Crippen MR) is 117 cm³/mol. The van der Waals surface area contributed by atoms with Gasteiger partial charge in [0.2, 0.25) is 0 Å². The van der Waals surface area contributed by atoms with E-state index in [1.165, 1.54) is 24.0 Å². The van der Waals surface area contributed by atoms with E-state index in [0.717, 1.165) is 43.5 Å². The minimum absolute atomic E-state index is 0.000478. The molecule has 0 radical (unpaired) electrons. The highest BCUT2D eigenvalue weighted by atomic mass is 16.2. The Hall–Kier alpha value is -2.66. The molecule has 0 aliphatic carbocycles. The zero-order valence-corrected chi connectivity index (χ0v) is 17.4. The second-order valence-corrected chi connectivity index (χ2v) is 8.29. The second kappa shape index (κ2) is 8.78. The summed E-state index contributed by atoms with van der Waals surface area (Å²) in [5, 5.41) is 8.13. The number of nitrogens with one attached hydrogen (secondary N) is 1. The Morgan fingerprint density at radius 2 is 2.00 bits per heavy atom. The van der Waals surface area contributed by atoms with Gasteiger partial charge in [-0.15, -0.1) is 0 Å². The van der Waals surface area contributed by atoms with Crippen molar-refractivity contribution in [1.82, 2.24) is 20.0 Å². The molecule has 1 aliphatic heterocycles. The number of carbonyl (C=O) groups excluding carboxylic acids is 1. The molecule has 1 N–H and O–H groups in total. The van der Waals surface area contributed by atoms with Gasteiger partial charge in [-0.25, -0.2) is 0 Å². The standard InChI is InChI=1S/C24H30N4O/c1-18-8-3-4-10-20(18)13-15-28-14-7-9-19(17-28)16-27(2)24(29)23-21-11-5-6-12-22(21)25-26-23/h3-6,8,10-12,19H,7,9,13-17H2,1-2H3,(H,25,26). The van der Waals surface area contributed by atoms with E-state index in [4.69, 9.17) is 0 Å². The number of aromatic nitrogens is 2. The normalized spacial score (nSPS) is 17.5. The maximum absolute atomic E-state index is 13.0. The number of aromatic amines is 1. The molecule has 1 fully saturated rings. The maximum atomic E-state index is 13.0. The molecule has 2 heterocycles. The van der Waals surface area contributed by atoms with Crippen LogP contribution in [-0.4, -0.2) is 59.1 Å². The second-order valence-electron chi connectivity index (χ2n) is 8.29. The molecule has 0 bridgehead atoms. The molecule has 1 saturated heterocycles. The van der Waals surface area contributed by atoms with Crippen LogP contribution >= 0.6 is 0 Å². The summed E-state index contributed by atoms with van der Waals surface area (Å²) in [5.74, 6) is 0.513. The van der Waals surface area contributed by atoms with Crippen LogP contribution in [0.25, 0.3) is 10.9 Å². The van der Waals surface area contributed by atoms with Crippen LogP contribution in [-0.2, 0) is 6.42 Å². The third-order valence-electron chi connectivity index (χ3n) is 6.11. The largest absolute Gasteiger partial charge is 0.340 e. The van der Waals surface area contributed by atoms with E-state index in [1.54, 1.807) is 0 Å². The molecule has 1 unspecified atom stereocenters. The summed E-state index contributed by atoms with van der Waals surface area (Å²) >= 11 is 0. The summed E-state index contributed by atoms with van der Waals surface area (Å²) in [7, 11) is 1.90. The van der Waals surface area contributed by atoms with Crippen molar-refractivity contribution in [2.75, 3.05) is 33.2 Å². The highest BCUT2D eigenvalue weighted by Gasteiger charge is 2.24. The Morgan fingerprint density at radius 3 is 2.86 bits per heavy atom. The highest BCUT2D eigenvalue weighted by Crippen LogP contribution is 2.21. The summed E-state index contributed by atoms with van der Waals surface area (Å²) in [4.78, 5) is 17.4. The molecule has 2 aromatic carbocycles. The van der Waals surface area contributed by atoms with Gasteiger partial charge in [-0.1, -0.05) is 42.5 Å². The van der Waals surface area contributed by atoms with Crippen molar-refractivity contribution in [3.63, 3.8) is 0 Å². The van der Waals surface area contributed by atoms with Gasteiger partial charge in [-0.05, 0) is 55.8 Å². The van der Waals surface area contributed by atoms with Crippen molar-refractivity contribution in [3.05, 3.63) is 65.4 Å². The fraction of sp³-hybridized carbons (Fsp3) is 0.417. The van der Waals surface area contributed by atoms with E-state index < -0.39 is 0 Å². The number of nitrogens with zero attached hydrogens (tertiary/aromatic N) is 3. The number of fused-ring (bicyclic) bond motifs is 1. The molecule has 3 aromatic rings. The molecule has 0 spiro atoms. The van der Waals surface area contributed by atoms with Crippen molar-refractivity contribution in [2.24, 2.45) is 5.92 Å². The molecule has 152 valence electrons. The zero-order valence-electron chi connectivity index (χ0n) is 17.4. The molecule has 1 atom stereocenters. The number of likely N-dealkylation sites (tertiary alicyclic amines) is 1. The number of hydrogen-bond donors (Lipinski definition) is 1. The molecule has 1 aliphatic rings. The van der Waals surface area contributed by atoms with Crippen LogP contribution in [0.1, 0.15) is 34.5 Å². The lowest BCUT2D eigenvalue weighted by Crippen LogP contribution is -2.42. The molecule has 1 amide bonds. The predicted octanol–water partition coefficient (Wildman–Crippen LogP) is 3.90. The van der Waals surface area contributed by atoms with E-state index in [0.29, 0.717) is 11.6 Å². The number of hydrogen-bond acceptors (Lipinski definition) is 3. The van der Waals surface area contributed by atoms with Crippen molar-refractivity contribution < 1.29 is 4.79 Å². The van der Waals surface area contributed by atoms with E-state index in [9.17, 15) is 4.79 Å². The first-order valence-corrected chi connectivity index (χ1v) is 10.6. The number of aryl methyl sites for hydroxylation is 1. The van der Waals surface area contributed by atoms with Gasteiger partial charge in [-0.2, -0.15) is 5.10 Å². The van der Waals surface area contributed by atoms with E-state index in [-0.39, 0.29) is 5.91 Å². The molecule has 1 aromatic heterocycles. The van der Waals surface area contributed by atoms with Gasteiger partial charge >= 0.3 is 0 Å². The first kappa shape index (κ1) is 19.6. The van der Waals surface area contributed by atoms with Gasteiger partial charge in [0.25, 0.3) is 5.91 Å². The molecule has 29 heavy (non-hydrogen) atoms. The number of H-pyrrole nitrogens is 1. The van der Waals surface area contributed by atoms with E-state index in [1.807, 2.05) is 36.2 Å². The first-order valence-electron chi connectivity index (χ1n) is 10.6. The Labute approximate surface area is 172 Å². The monoisotopic (exact) mass is 390 g/mol. The van der Waals surface area contributed by atoms with Crippen molar-refractivity contribution in [2.45, 2.75) is 26.2 Å². The maximum Gasteiger partial charge on any atom is 0.274 e. The Kier molecular flexibility index (Phi) is 5.95.